The van der Waals surface area contributed by atoms with E-state index in [1.807, 2.05) is 6.92 Å². The first-order valence-corrected chi connectivity index (χ1v) is 8.29. The molecule has 0 aromatic heterocycles. The number of carbonyl (C=O) groups is 1. The van der Waals surface area contributed by atoms with Gasteiger partial charge in [-0.05, 0) is 30.2 Å². The minimum absolute atomic E-state index is 0.377. The Bertz CT molecular complexity index is 606. The number of carbonyl (C=O) groups excluding carboxylic acids is 1. The van der Waals surface area contributed by atoms with Gasteiger partial charge in [-0.3, -0.25) is 4.79 Å². The van der Waals surface area contributed by atoms with E-state index in [9.17, 15) is 9.90 Å². The van der Waals surface area contributed by atoms with E-state index in [1.54, 1.807) is 24.3 Å². The molecule has 0 bridgehead atoms. The molecule has 0 aliphatic carbocycles. The number of hydrogen-bond donors (Lipinski definition) is 1. The van der Waals surface area contributed by atoms with Gasteiger partial charge in [0.1, 0.15) is 17.6 Å². The molecule has 7 heteroatoms. The zero-order valence-corrected chi connectivity index (χ0v) is 14.5. The topological polar surface area (TPSA) is 59.0 Å². The van der Waals surface area contributed by atoms with Crippen molar-refractivity contribution in [1.82, 2.24) is 5.06 Å². The molecule has 23 heavy (non-hydrogen) atoms. The van der Waals surface area contributed by atoms with E-state index in [1.165, 1.54) is 0 Å². The van der Waals surface area contributed by atoms with Gasteiger partial charge < -0.3 is 14.7 Å². The Balaban J connectivity index is 1.93. The molecule has 1 N–H and O–H groups in total. The normalized spacial score (nSPS) is 27.4. The van der Waals surface area contributed by atoms with Gasteiger partial charge in [-0.1, -0.05) is 23.2 Å². The molecule has 2 heterocycles. The predicted molar refractivity (Wildman–Crippen MR) is 86.6 cm³/mol. The third-order valence-electron chi connectivity index (χ3n) is 4.85. The Kier molecular flexibility index (Phi) is 4.60. The van der Waals surface area contributed by atoms with Crippen LogP contribution in [-0.4, -0.2) is 48.0 Å². The lowest BCUT2D eigenvalue weighted by Crippen LogP contribution is -2.50. The Morgan fingerprint density at radius 1 is 1.35 bits per heavy atom. The summed E-state index contributed by atoms with van der Waals surface area (Å²) in [6, 6.07) is 3.32. The summed E-state index contributed by atoms with van der Waals surface area (Å²) in [6.45, 7) is 3.02. The van der Waals surface area contributed by atoms with Crippen LogP contribution in [0.15, 0.2) is 12.1 Å². The van der Waals surface area contributed by atoms with Crippen LogP contribution in [0, 0.1) is 6.92 Å². The SMILES string of the molecule is CON1CCC2(CC1)OC(=O)C(c1c(C)cc(Cl)cc1Cl)C2O. The molecular formula is C16H19Cl2NO4. The number of rotatable bonds is 2. The molecule has 5 nitrogen and oxygen atoms in total. The van der Waals surface area contributed by atoms with Crippen molar-refractivity contribution in [2.45, 2.75) is 37.4 Å². The Morgan fingerprint density at radius 2 is 2.00 bits per heavy atom. The summed E-state index contributed by atoms with van der Waals surface area (Å²) >= 11 is 12.3. The second-order valence-electron chi connectivity index (χ2n) is 6.14. The summed E-state index contributed by atoms with van der Waals surface area (Å²) < 4.78 is 5.64. The largest absolute Gasteiger partial charge is 0.456 e. The van der Waals surface area contributed by atoms with Crippen LogP contribution < -0.4 is 0 Å². The maximum absolute atomic E-state index is 12.5. The van der Waals surface area contributed by atoms with Crippen molar-refractivity contribution in [2.24, 2.45) is 0 Å². The molecule has 2 saturated heterocycles. The third-order valence-corrected chi connectivity index (χ3v) is 5.38. The fourth-order valence-electron chi connectivity index (χ4n) is 3.58. The van der Waals surface area contributed by atoms with Crippen LogP contribution in [0.1, 0.15) is 29.9 Å². The highest BCUT2D eigenvalue weighted by Gasteiger charge is 2.57. The van der Waals surface area contributed by atoms with Crippen LogP contribution in [0.25, 0.3) is 0 Å². The van der Waals surface area contributed by atoms with Crippen molar-refractivity contribution in [3.8, 4) is 0 Å². The van der Waals surface area contributed by atoms with E-state index >= 15 is 0 Å². The number of esters is 1. The number of hydrogen-bond acceptors (Lipinski definition) is 5. The Hall–Kier alpha value is -0.850. The molecule has 2 unspecified atom stereocenters. The molecule has 2 aliphatic rings. The zero-order valence-electron chi connectivity index (χ0n) is 13.0. The maximum atomic E-state index is 12.5. The molecule has 1 spiro atoms. The van der Waals surface area contributed by atoms with E-state index in [-0.39, 0.29) is 0 Å². The van der Waals surface area contributed by atoms with Crippen LogP contribution in [-0.2, 0) is 14.4 Å². The van der Waals surface area contributed by atoms with Crippen molar-refractivity contribution in [2.75, 3.05) is 20.2 Å². The summed E-state index contributed by atoms with van der Waals surface area (Å²) in [4.78, 5) is 17.7. The van der Waals surface area contributed by atoms with Gasteiger partial charge in [0.25, 0.3) is 0 Å². The first kappa shape index (κ1) is 17.0. The van der Waals surface area contributed by atoms with E-state index in [4.69, 9.17) is 32.8 Å². The number of aryl methyl sites for hydroxylation is 1. The predicted octanol–water partition coefficient (Wildman–Crippen LogP) is 2.70. The molecule has 126 valence electrons. The average molecular weight is 360 g/mol. The van der Waals surface area contributed by atoms with E-state index < -0.39 is 23.6 Å². The van der Waals surface area contributed by atoms with E-state index in [0.29, 0.717) is 41.5 Å². The van der Waals surface area contributed by atoms with Gasteiger partial charge >= 0.3 is 5.97 Å². The fourth-order valence-corrected chi connectivity index (χ4v) is 4.30. The quantitative estimate of drug-likeness (QED) is 0.822. The highest BCUT2D eigenvalue weighted by atomic mass is 35.5. The highest BCUT2D eigenvalue weighted by molar-refractivity contribution is 6.35. The van der Waals surface area contributed by atoms with Gasteiger partial charge in [-0.25, -0.2) is 0 Å². The summed E-state index contributed by atoms with van der Waals surface area (Å²) in [5, 5.41) is 13.5. The molecule has 2 fully saturated rings. The van der Waals surface area contributed by atoms with Gasteiger partial charge in [0, 0.05) is 36.0 Å². The minimum Gasteiger partial charge on any atom is -0.456 e. The molecular weight excluding hydrogens is 341 g/mol. The number of halogens is 2. The van der Waals surface area contributed by atoms with Crippen LogP contribution >= 0.6 is 23.2 Å². The average Bonchev–Trinajstić information content (AvgIpc) is 2.72. The third kappa shape index (κ3) is 2.85. The van der Waals surface area contributed by atoms with Gasteiger partial charge in [0.2, 0.25) is 0 Å². The number of nitrogens with zero attached hydrogens (tertiary/aromatic N) is 1. The molecule has 0 amide bonds. The summed E-state index contributed by atoms with van der Waals surface area (Å²) in [5.74, 6) is -1.22. The van der Waals surface area contributed by atoms with Crippen LogP contribution in [0.2, 0.25) is 10.0 Å². The molecule has 0 saturated carbocycles. The lowest BCUT2D eigenvalue weighted by molar-refractivity contribution is -0.192. The summed E-state index contributed by atoms with van der Waals surface area (Å²) in [7, 11) is 1.61. The van der Waals surface area contributed by atoms with Crippen molar-refractivity contribution in [3.05, 3.63) is 33.3 Å². The number of aliphatic hydroxyl groups is 1. The fraction of sp³-hybridized carbons (Fsp3) is 0.562. The maximum Gasteiger partial charge on any atom is 0.316 e. The lowest BCUT2D eigenvalue weighted by atomic mass is 9.79. The molecule has 1 aromatic carbocycles. The van der Waals surface area contributed by atoms with Gasteiger partial charge in [-0.2, -0.15) is 5.06 Å². The Morgan fingerprint density at radius 3 is 2.57 bits per heavy atom. The van der Waals surface area contributed by atoms with Crippen LogP contribution in [0.4, 0.5) is 0 Å². The van der Waals surface area contributed by atoms with Crippen molar-refractivity contribution < 1.29 is 19.5 Å². The molecule has 0 radical (unpaired) electrons. The number of benzene rings is 1. The number of piperidine rings is 1. The van der Waals surface area contributed by atoms with Crippen molar-refractivity contribution in [1.29, 1.82) is 0 Å². The van der Waals surface area contributed by atoms with E-state index in [0.717, 1.165) is 5.56 Å². The summed E-state index contributed by atoms with van der Waals surface area (Å²) in [6.07, 6.45) is 0.106. The lowest BCUT2D eigenvalue weighted by Gasteiger charge is -2.38. The van der Waals surface area contributed by atoms with E-state index in [2.05, 4.69) is 0 Å². The summed E-state index contributed by atoms with van der Waals surface area (Å²) in [5.41, 5.74) is 0.501. The standard InChI is InChI=1S/C16H19Cl2NO4/c1-9-7-10(17)8-11(18)12(9)13-14(20)16(23-15(13)21)3-5-19(22-2)6-4-16/h7-8,13-14,20H,3-6H2,1-2H3. The second kappa shape index (κ2) is 6.22. The first-order valence-electron chi connectivity index (χ1n) is 7.53. The number of ether oxygens (including phenoxy) is 1. The Labute approximate surface area is 145 Å². The highest BCUT2D eigenvalue weighted by Crippen LogP contribution is 2.46. The molecule has 1 aromatic rings. The first-order chi connectivity index (χ1) is 10.9. The van der Waals surface area contributed by atoms with Gasteiger partial charge in [0.05, 0.1) is 7.11 Å². The number of hydroxylamine groups is 2. The molecule has 3 rings (SSSR count). The van der Waals surface area contributed by atoms with Crippen molar-refractivity contribution in [3.63, 3.8) is 0 Å². The smallest absolute Gasteiger partial charge is 0.316 e. The van der Waals surface area contributed by atoms with Gasteiger partial charge in [-0.15, -0.1) is 0 Å². The minimum atomic E-state index is -0.939. The van der Waals surface area contributed by atoms with Crippen molar-refractivity contribution >= 4 is 29.2 Å². The van der Waals surface area contributed by atoms with Gasteiger partial charge in [0.15, 0.2) is 0 Å². The van der Waals surface area contributed by atoms with Crippen LogP contribution in [0.3, 0.4) is 0 Å². The second-order valence-corrected chi connectivity index (χ2v) is 6.98. The van der Waals surface area contributed by atoms with Crippen LogP contribution in [0.5, 0.6) is 0 Å². The molecule has 2 aliphatic heterocycles. The molecule has 2 atom stereocenters. The number of aliphatic hydroxyl groups excluding tert-OH is 1. The zero-order chi connectivity index (χ0) is 16.8. The monoisotopic (exact) mass is 359 g/mol.